The molecule has 4 aliphatic heterocycles. The molecule has 146 valence electrons. The zero-order valence-corrected chi connectivity index (χ0v) is 18.2. The Morgan fingerprint density at radius 2 is 1.58 bits per heavy atom. The van der Waals surface area contributed by atoms with Crippen LogP contribution in [0.25, 0.3) is 0 Å². The van der Waals surface area contributed by atoms with Gasteiger partial charge in [0.2, 0.25) is 0 Å². The Labute approximate surface area is 175 Å². The molecule has 26 heavy (non-hydrogen) atoms. The highest BCUT2D eigenvalue weighted by atomic mass is 127. The van der Waals surface area contributed by atoms with E-state index < -0.39 is 0 Å². The maximum Gasteiger partial charge on any atom is 0.0235 e. The van der Waals surface area contributed by atoms with Gasteiger partial charge in [0.1, 0.15) is 0 Å². The summed E-state index contributed by atoms with van der Waals surface area (Å²) in [6.45, 7) is 8.55. The quantitative estimate of drug-likeness (QED) is 0.581. The SMILES string of the molecule is C1CN[C@@H]2CNC[C@@H]2C1.I.c1ccc(CN2C[C@@H]3CCCN[C@@H]3C2)cc1. The number of fused-ring (bicyclic) bond motifs is 2. The second-order valence-corrected chi connectivity index (χ2v) is 8.26. The Hall–Kier alpha value is -0.210. The van der Waals surface area contributed by atoms with Crippen molar-refractivity contribution in [1.82, 2.24) is 20.9 Å². The molecule has 0 amide bonds. The van der Waals surface area contributed by atoms with Gasteiger partial charge in [-0.15, -0.1) is 24.0 Å². The highest BCUT2D eigenvalue weighted by Crippen LogP contribution is 2.25. The fourth-order valence-corrected chi connectivity index (χ4v) is 5.03. The van der Waals surface area contributed by atoms with Gasteiger partial charge in [-0.2, -0.15) is 0 Å². The summed E-state index contributed by atoms with van der Waals surface area (Å²) in [4.78, 5) is 2.60. The molecule has 3 N–H and O–H groups in total. The lowest BCUT2D eigenvalue weighted by Gasteiger charge is -2.24. The molecule has 0 unspecified atom stereocenters. The maximum absolute atomic E-state index is 3.66. The van der Waals surface area contributed by atoms with Crippen LogP contribution in [0.1, 0.15) is 31.2 Å². The molecular weight excluding hydrogens is 435 g/mol. The molecule has 5 heteroatoms. The van der Waals surface area contributed by atoms with E-state index in [2.05, 4.69) is 51.2 Å². The van der Waals surface area contributed by atoms with Crippen molar-refractivity contribution >= 4 is 24.0 Å². The third-order valence-corrected chi connectivity index (χ3v) is 6.42. The smallest absolute Gasteiger partial charge is 0.0235 e. The number of benzene rings is 1. The molecule has 1 aromatic rings. The van der Waals surface area contributed by atoms with Crippen LogP contribution in [0.2, 0.25) is 0 Å². The van der Waals surface area contributed by atoms with E-state index in [1.165, 1.54) is 70.5 Å². The van der Waals surface area contributed by atoms with Crippen molar-refractivity contribution in [1.29, 1.82) is 0 Å². The molecule has 0 aliphatic carbocycles. The second-order valence-electron chi connectivity index (χ2n) is 8.26. The molecule has 0 spiro atoms. The van der Waals surface area contributed by atoms with Gasteiger partial charge in [-0.3, -0.25) is 4.90 Å². The largest absolute Gasteiger partial charge is 0.315 e. The van der Waals surface area contributed by atoms with Crippen molar-refractivity contribution in [3.8, 4) is 0 Å². The molecule has 0 radical (unpaired) electrons. The lowest BCUT2D eigenvalue weighted by atomic mass is 9.94. The van der Waals surface area contributed by atoms with E-state index in [9.17, 15) is 0 Å². The molecule has 5 rings (SSSR count). The molecule has 4 atom stereocenters. The summed E-state index contributed by atoms with van der Waals surface area (Å²) in [5.74, 6) is 1.84. The number of halogens is 1. The average molecular weight is 470 g/mol. The van der Waals surface area contributed by atoms with Gasteiger partial charge in [0.15, 0.2) is 0 Å². The molecule has 1 aromatic carbocycles. The molecule has 4 aliphatic rings. The van der Waals surface area contributed by atoms with Crippen LogP contribution >= 0.6 is 24.0 Å². The summed E-state index contributed by atoms with van der Waals surface area (Å²) in [5, 5.41) is 10.6. The Balaban J connectivity index is 0.000000167. The topological polar surface area (TPSA) is 39.3 Å². The standard InChI is InChI=1S/C14H20N2.C7H14N2.HI/c1-2-5-12(6-3-1)9-16-10-13-7-4-8-15-14(13)11-16;1-2-6-4-8-5-7(6)9-3-1;/h1-3,5-6,13-15H,4,7-11H2;6-9H,1-5H2;1H/t13-,14+;6-,7+;/m00./s1. The minimum atomic E-state index is 0. The summed E-state index contributed by atoms with van der Waals surface area (Å²) < 4.78 is 0. The minimum absolute atomic E-state index is 0. The summed E-state index contributed by atoms with van der Waals surface area (Å²) in [5.41, 5.74) is 1.45. The first-order valence-corrected chi connectivity index (χ1v) is 10.3. The van der Waals surface area contributed by atoms with E-state index in [1.807, 2.05) is 0 Å². The zero-order chi connectivity index (χ0) is 16.9. The van der Waals surface area contributed by atoms with Gasteiger partial charge < -0.3 is 16.0 Å². The van der Waals surface area contributed by atoms with E-state index in [0.29, 0.717) is 0 Å². The molecule has 0 aromatic heterocycles. The lowest BCUT2D eigenvalue weighted by Crippen LogP contribution is -2.40. The number of piperidine rings is 2. The van der Waals surface area contributed by atoms with Crippen LogP contribution in [-0.2, 0) is 6.54 Å². The van der Waals surface area contributed by atoms with Crippen LogP contribution in [0.3, 0.4) is 0 Å². The number of likely N-dealkylation sites (tertiary alicyclic amines) is 1. The third-order valence-electron chi connectivity index (χ3n) is 6.42. The van der Waals surface area contributed by atoms with Crippen molar-refractivity contribution in [3.05, 3.63) is 35.9 Å². The lowest BCUT2D eigenvalue weighted by molar-refractivity contribution is 0.312. The van der Waals surface area contributed by atoms with Crippen LogP contribution in [-0.4, -0.2) is 56.3 Å². The minimum Gasteiger partial charge on any atom is -0.315 e. The van der Waals surface area contributed by atoms with Crippen molar-refractivity contribution < 1.29 is 0 Å². The Kier molecular flexibility index (Phi) is 8.18. The highest BCUT2D eigenvalue weighted by Gasteiger charge is 2.33. The number of hydrogen-bond donors (Lipinski definition) is 3. The molecule has 4 heterocycles. The van der Waals surface area contributed by atoms with Crippen LogP contribution < -0.4 is 16.0 Å². The Bertz CT molecular complexity index is 500. The van der Waals surface area contributed by atoms with Gasteiger partial charge in [0.25, 0.3) is 0 Å². The van der Waals surface area contributed by atoms with Crippen molar-refractivity contribution in [3.63, 3.8) is 0 Å². The monoisotopic (exact) mass is 470 g/mol. The molecular formula is C21H35IN4. The predicted octanol–water partition coefficient (Wildman–Crippen LogP) is 2.45. The normalized spacial score (nSPS) is 33.4. The van der Waals surface area contributed by atoms with Gasteiger partial charge in [0.05, 0.1) is 0 Å². The summed E-state index contributed by atoms with van der Waals surface area (Å²) in [6, 6.07) is 12.4. The van der Waals surface area contributed by atoms with E-state index in [0.717, 1.165) is 30.5 Å². The molecule has 0 saturated carbocycles. The molecule has 0 bridgehead atoms. The predicted molar refractivity (Wildman–Crippen MR) is 119 cm³/mol. The van der Waals surface area contributed by atoms with Gasteiger partial charge in [0, 0.05) is 38.3 Å². The first-order valence-electron chi connectivity index (χ1n) is 10.3. The highest BCUT2D eigenvalue weighted by molar-refractivity contribution is 14.0. The first kappa shape index (κ1) is 20.5. The van der Waals surface area contributed by atoms with Crippen LogP contribution in [0.5, 0.6) is 0 Å². The van der Waals surface area contributed by atoms with E-state index in [1.54, 1.807) is 0 Å². The van der Waals surface area contributed by atoms with Crippen LogP contribution in [0.4, 0.5) is 0 Å². The van der Waals surface area contributed by atoms with Gasteiger partial charge in [-0.05, 0) is 62.7 Å². The summed E-state index contributed by atoms with van der Waals surface area (Å²) in [6.07, 6.45) is 5.59. The summed E-state index contributed by atoms with van der Waals surface area (Å²) in [7, 11) is 0. The first-order chi connectivity index (χ1) is 12.4. The van der Waals surface area contributed by atoms with E-state index in [-0.39, 0.29) is 24.0 Å². The Morgan fingerprint density at radius 3 is 2.31 bits per heavy atom. The zero-order valence-electron chi connectivity index (χ0n) is 15.8. The van der Waals surface area contributed by atoms with Crippen molar-refractivity contribution in [2.45, 2.75) is 44.3 Å². The summed E-state index contributed by atoms with van der Waals surface area (Å²) >= 11 is 0. The second kappa shape index (κ2) is 10.4. The maximum atomic E-state index is 3.66. The number of nitrogens with zero attached hydrogens (tertiary/aromatic N) is 1. The van der Waals surface area contributed by atoms with Crippen molar-refractivity contribution in [2.24, 2.45) is 11.8 Å². The van der Waals surface area contributed by atoms with Gasteiger partial charge in [-0.25, -0.2) is 0 Å². The van der Waals surface area contributed by atoms with E-state index in [4.69, 9.17) is 0 Å². The molecule has 4 fully saturated rings. The average Bonchev–Trinajstić information content (AvgIpc) is 3.29. The van der Waals surface area contributed by atoms with Gasteiger partial charge in [-0.1, -0.05) is 30.3 Å². The third kappa shape index (κ3) is 5.41. The molecule has 4 saturated heterocycles. The Morgan fingerprint density at radius 1 is 0.846 bits per heavy atom. The number of hydrogen-bond acceptors (Lipinski definition) is 4. The number of rotatable bonds is 2. The van der Waals surface area contributed by atoms with Crippen molar-refractivity contribution in [2.75, 3.05) is 39.3 Å². The van der Waals surface area contributed by atoms with Crippen LogP contribution in [0.15, 0.2) is 30.3 Å². The fraction of sp³-hybridized carbons (Fsp3) is 0.714. The fourth-order valence-electron chi connectivity index (χ4n) is 5.03. The van der Waals surface area contributed by atoms with Crippen LogP contribution in [0, 0.1) is 11.8 Å². The van der Waals surface area contributed by atoms with E-state index >= 15 is 0 Å². The number of nitrogens with one attached hydrogen (secondary N) is 3. The van der Waals surface area contributed by atoms with Gasteiger partial charge >= 0.3 is 0 Å². The molecule has 4 nitrogen and oxygen atoms in total.